The van der Waals surface area contributed by atoms with Crippen LogP contribution in [0.5, 0.6) is 0 Å². The number of para-hydroxylation sites is 2. The Labute approximate surface area is 105 Å². The lowest BCUT2D eigenvalue weighted by atomic mass is 10.2. The summed E-state index contributed by atoms with van der Waals surface area (Å²) < 4.78 is 0. The first-order valence-corrected chi connectivity index (χ1v) is 5.43. The number of carboxylic acid groups (broad SMARTS) is 1. The molecule has 1 aromatic carbocycles. The van der Waals surface area contributed by atoms with Gasteiger partial charge in [-0.3, -0.25) is 5.43 Å². The quantitative estimate of drug-likeness (QED) is 0.816. The van der Waals surface area contributed by atoms with Crippen molar-refractivity contribution in [2.45, 2.75) is 13.8 Å². The number of carbonyl (C=O) groups excluding carboxylic acids is 1. The standard InChI is InChI=1S/C12H14N4O2/c1-8-7-9(2)15-16(14-8)11-6-4-3-5-10(11)13-12(17)18/h3-7,13-14H,1-2H3,(H,17,18)/p-1. The van der Waals surface area contributed by atoms with Gasteiger partial charge in [-0.1, -0.05) is 12.1 Å². The van der Waals surface area contributed by atoms with E-state index in [-0.39, 0.29) is 0 Å². The van der Waals surface area contributed by atoms with E-state index < -0.39 is 6.09 Å². The second-order valence-corrected chi connectivity index (χ2v) is 3.92. The number of carbonyl (C=O) groups is 1. The summed E-state index contributed by atoms with van der Waals surface area (Å²) in [7, 11) is 0. The summed E-state index contributed by atoms with van der Waals surface area (Å²) in [5.41, 5.74) is 5.80. The van der Waals surface area contributed by atoms with E-state index in [0.29, 0.717) is 11.4 Å². The molecule has 1 aromatic rings. The molecule has 2 rings (SSSR count). The minimum Gasteiger partial charge on any atom is -0.530 e. The van der Waals surface area contributed by atoms with Gasteiger partial charge in [0.25, 0.3) is 0 Å². The van der Waals surface area contributed by atoms with E-state index in [1.165, 1.54) is 5.12 Å². The van der Waals surface area contributed by atoms with Crippen molar-refractivity contribution in [3.8, 4) is 0 Å². The molecule has 1 amide bonds. The van der Waals surface area contributed by atoms with E-state index in [1.54, 1.807) is 24.3 Å². The average Bonchev–Trinajstić information content (AvgIpc) is 2.27. The number of benzene rings is 1. The molecule has 0 saturated carbocycles. The molecule has 0 bridgehead atoms. The van der Waals surface area contributed by atoms with Crippen LogP contribution in [0.15, 0.2) is 41.1 Å². The molecule has 0 unspecified atom stereocenters. The van der Waals surface area contributed by atoms with Crippen molar-refractivity contribution in [3.05, 3.63) is 36.0 Å². The summed E-state index contributed by atoms with van der Waals surface area (Å²) in [6.45, 7) is 3.77. The first-order chi connectivity index (χ1) is 8.56. The number of hydrazine groups is 1. The van der Waals surface area contributed by atoms with Crippen molar-refractivity contribution in [2.24, 2.45) is 5.10 Å². The van der Waals surface area contributed by atoms with Gasteiger partial charge in [0, 0.05) is 5.70 Å². The molecule has 0 aliphatic carbocycles. The van der Waals surface area contributed by atoms with Crippen molar-refractivity contribution in [2.75, 3.05) is 10.4 Å². The van der Waals surface area contributed by atoms with Crippen molar-refractivity contribution in [3.63, 3.8) is 0 Å². The zero-order valence-electron chi connectivity index (χ0n) is 10.1. The fourth-order valence-electron chi connectivity index (χ4n) is 1.71. The Kier molecular flexibility index (Phi) is 3.18. The van der Waals surface area contributed by atoms with Gasteiger partial charge in [0.05, 0.1) is 11.4 Å². The van der Waals surface area contributed by atoms with E-state index in [0.717, 1.165) is 11.4 Å². The highest BCUT2D eigenvalue weighted by atomic mass is 16.4. The maximum atomic E-state index is 10.6. The number of anilines is 2. The molecule has 1 aliphatic rings. The van der Waals surface area contributed by atoms with Crippen molar-refractivity contribution >= 4 is 23.2 Å². The van der Waals surface area contributed by atoms with Gasteiger partial charge in [-0.15, -0.1) is 0 Å². The van der Waals surface area contributed by atoms with Gasteiger partial charge in [-0.25, -0.2) is 0 Å². The molecule has 2 N–H and O–H groups in total. The molecule has 0 radical (unpaired) electrons. The second kappa shape index (κ2) is 4.79. The van der Waals surface area contributed by atoms with Gasteiger partial charge in [-0.05, 0) is 32.1 Å². The van der Waals surface area contributed by atoms with Gasteiger partial charge in [-0.2, -0.15) is 10.2 Å². The van der Waals surface area contributed by atoms with Crippen LogP contribution in [0.3, 0.4) is 0 Å². The maximum Gasteiger partial charge on any atom is 0.138 e. The van der Waals surface area contributed by atoms with Crippen LogP contribution < -0.4 is 21.0 Å². The number of nitrogens with one attached hydrogen (secondary N) is 2. The van der Waals surface area contributed by atoms with E-state index in [2.05, 4.69) is 15.8 Å². The largest absolute Gasteiger partial charge is 0.530 e. The van der Waals surface area contributed by atoms with Crippen LogP contribution in [0, 0.1) is 0 Å². The lowest BCUT2D eigenvalue weighted by Gasteiger charge is -2.27. The predicted octanol–water partition coefficient (Wildman–Crippen LogP) is 1.05. The second-order valence-electron chi connectivity index (χ2n) is 3.92. The highest BCUT2D eigenvalue weighted by molar-refractivity contribution is 5.95. The maximum absolute atomic E-state index is 10.6. The van der Waals surface area contributed by atoms with E-state index in [4.69, 9.17) is 0 Å². The Hall–Kier alpha value is -2.50. The molecular formula is C12H13N4O2-. The van der Waals surface area contributed by atoms with Crippen molar-refractivity contribution < 1.29 is 9.90 Å². The Morgan fingerprint density at radius 2 is 2.11 bits per heavy atom. The van der Waals surface area contributed by atoms with Crippen LogP contribution in [0.2, 0.25) is 0 Å². The molecular weight excluding hydrogens is 232 g/mol. The number of hydrogen-bond donors (Lipinski definition) is 2. The third-order valence-corrected chi connectivity index (χ3v) is 2.33. The molecule has 1 aliphatic heterocycles. The number of rotatable bonds is 2. The van der Waals surface area contributed by atoms with Crippen LogP contribution in [0.1, 0.15) is 13.8 Å². The zero-order chi connectivity index (χ0) is 13.1. The zero-order valence-corrected chi connectivity index (χ0v) is 10.1. The topological polar surface area (TPSA) is 79.8 Å². The summed E-state index contributed by atoms with van der Waals surface area (Å²) in [4.78, 5) is 10.6. The number of hydrogen-bond acceptors (Lipinski definition) is 5. The number of nitrogens with zero attached hydrogens (tertiary/aromatic N) is 2. The summed E-state index contributed by atoms with van der Waals surface area (Å²) in [5, 5.41) is 18.7. The highest BCUT2D eigenvalue weighted by Gasteiger charge is 2.13. The molecule has 0 spiro atoms. The number of allylic oxidation sites excluding steroid dienone is 2. The lowest BCUT2D eigenvalue weighted by molar-refractivity contribution is -0.242. The minimum absolute atomic E-state index is 0.413. The fraction of sp³-hybridized carbons (Fsp3) is 0.167. The Bertz CT molecular complexity index is 537. The Morgan fingerprint density at radius 1 is 1.39 bits per heavy atom. The summed E-state index contributed by atoms with van der Waals surface area (Å²) >= 11 is 0. The SMILES string of the molecule is CC1=CC(C)=NN(c2ccccc2NC(=O)[O-])N1. The summed E-state index contributed by atoms with van der Waals surface area (Å²) in [5.74, 6) is 0. The Morgan fingerprint density at radius 3 is 2.78 bits per heavy atom. The molecule has 94 valence electrons. The predicted molar refractivity (Wildman–Crippen MR) is 67.9 cm³/mol. The molecule has 0 aromatic heterocycles. The normalized spacial score (nSPS) is 14.4. The molecule has 18 heavy (non-hydrogen) atoms. The van der Waals surface area contributed by atoms with Gasteiger partial charge in [0.15, 0.2) is 0 Å². The van der Waals surface area contributed by atoms with Crippen LogP contribution >= 0.6 is 0 Å². The van der Waals surface area contributed by atoms with Gasteiger partial charge in [0.2, 0.25) is 0 Å². The Balaban J connectivity index is 2.34. The smallest absolute Gasteiger partial charge is 0.138 e. The summed E-state index contributed by atoms with van der Waals surface area (Å²) in [6, 6.07) is 6.94. The summed E-state index contributed by atoms with van der Waals surface area (Å²) in [6.07, 6.45) is 0.540. The van der Waals surface area contributed by atoms with Gasteiger partial charge in [0.1, 0.15) is 11.8 Å². The van der Waals surface area contributed by atoms with Crippen molar-refractivity contribution in [1.82, 2.24) is 5.43 Å². The van der Waals surface area contributed by atoms with Crippen LogP contribution in [-0.2, 0) is 0 Å². The third-order valence-electron chi connectivity index (χ3n) is 2.33. The third kappa shape index (κ3) is 2.60. The van der Waals surface area contributed by atoms with E-state index in [9.17, 15) is 9.90 Å². The van der Waals surface area contributed by atoms with Gasteiger partial charge < -0.3 is 15.2 Å². The molecule has 0 atom stereocenters. The monoisotopic (exact) mass is 245 g/mol. The number of hydrazone groups is 1. The molecule has 6 heteroatoms. The van der Waals surface area contributed by atoms with E-state index >= 15 is 0 Å². The fourth-order valence-corrected chi connectivity index (χ4v) is 1.71. The number of amides is 1. The molecule has 6 nitrogen and oxygen atoms in total. The molecule has 1 heterocycles. The molecule has 0 saturated heterocycles. The van der Waals surface area contributed by atoms with Crippen LogP contribution in [0.25, 0.3) is 0 Å². The van der Waals surface area contributed by atoms with Crippen LogP contribution in [-0.4, -0.2) is 11.8 Å². The van der Waals surface area contributed by atoms with Gasteiger partial charge >= 0.3 is 0 Å². The molecule has 0 fully saturated rings. The average molecular weight is 245 g/mol. The van der Waals surface area contributed by atoms with E-state index in [1.807, 2.05) is 19.9 Å². The highest BCUT2D eigenvalue weighted by Crippen LogP contribution is 2.25. The lowest BCUT2D eigenvalue weighted by Crippen LogP contribution is -2.37. The van der Waals surface area contributed by atoms with Crippen molar-refractivity contribution in [1.29, 1.82) is 0 Å². The van der Waals surface area contributed by atoms with Crippen LogP contribution in [0.4, 0.5) is 16.2 Å². The minimum atomic E-state index is -1.35. The first kappa shape index (κ1) is 12.0. The first-order valence-electron chi connectivity index (χ1n) is 5.43.